The Labute approximate surface area is 138 Å². The lowest BCUT2D eigenvalue weighted by Crippen LogP contribution is -2.41. The Bertz CT molecular complexity index is 691. The minimum atomic E-state index is -1.02. The maximum atomic E-state index is 11.9. The first-order valence-corrected chi connectivity index (χ1v) is 7.26. The second kappa shape index (κ2) is 7.00. The van der Waals surface area contributed by atoms with Crippen LogP contribution < -0.4 is 10.1 Å². The van der Waals surface area contributed by atoms with Gasteiger partial charge in [-0.05, 0) is 38.1 Å². The molecule has 1 fully saturated rings. The summed E-state index contributed by atoms with van der Waals surface area (Å²) in [5.74, 6) is -0.626. The summed E-state index contributed by atoms with van der Waals surface area (Å²) in [4.78, 5) is 36.1. The number of benzene rings is 1. The number of carbonyl (C=O) groups is 3. The van der Waals surface area contributed by atoms with Crippen LogP contribution in [0.3, 0.4) is 0 Å². The highest BCUT2D eigenvalue weighted by Crippen LogP contribution is 2.16. The van der Waals surface area contributed by atoms with Gasteiger partial charge in [-0.3, -0.25) is 14.5 Å². The first-order valence-electron chi connectivity index (χ1n) is 7.26. The van der Waals surface area contributed by atoms with Gasteiger partial charge in [0.15, 0.2) is 0 Å². The smallest absolute Gasteiger partial charge is 0.326 e. The number of rotatable bonds is 6. The van der Waals surface area contributed by atoms with Crippen molar-refractivity contribution in [2.75, 3.05) is 19.8 Å². The maximum absolute atomic E-state index is 11.9. The number of ether oxygens (including phenoxy) is 2. The van der Waals surface area contributed by atoms with Gasteiger partial charge in [0.2, 0.25) is 0 Å². The Balaban J connectivity index is 1.73. The number of nitrogens with one attached hydrogen (secondary N) is 1. The third-order valence-corrected chi connectivity index (χ3v) is 3.33. The van der Waals surface area contributed by atoms with Gasteiger partial charge in [0, 0.05) is 0 Å². The molecule has 24 heavy (non-hydrogen) atoms. The number of carbonyl (C=O) groups excluding carboxylic acids is 3. The Morgan fingerprint density at radius 2 is 1.92 bits per heavy atom. The molecule has 0 bridgehead atoms. The number of urea groups is 1. The summed E-state index contributed by atoms with van der Waals surface area (Å²) >= 11 is 0. The van der Waals surface area contributed by atoms with Gasteiger partial charge in [-0.1, -0.05) is 0 Å². The molecule has 1 N–H and O–H groups in total. The zero-order valence-electron chi connectivity index (χ0n) is 13.4. The van der Waals surface area contributed by atoms with E-state index in [0.29, 0.717) is 11.3 Å². The minimum absolute atomic E-state index is 0.0219. The third kappa shape index (κ3) is 4.01. The minimum Gasteiger partial charge on any atom is -0.490 e. The molecule has 1 aliphatic rings. The van der Waals surface area contributed by atoms with E-state index in [2.05, 4.69) is 5.32 Å². The van der Waals surface area contributed by atoms with Gasteiger partial charge in [-0.15, -0.1) is 0 Å². The average molecular weight is 331 g/mol. The zero-order chi connectivity index (χ0) is 17.7. The molecule has 1 aromatic rings. The normalized spacial score (nSPS) is 15.6. The van der Waals surface area contributed by atoms with E-state index in [4.69, 9.17) is 14.7 Å². The molecule has 0 radical (unpaired) electrons. The highest BCUT2D eigenvalue weighted by molar-refractivity contribution is 6.08. The van der Waals surface area contributed by atoms with E-state index >= 15 is 0 Å². The van der Waals surface area contributed by atoms with Crippen molar-refractivity contribution in [2.45, 2.75) is 19.4 Å². The fourth-order valence-corrected chi connectivity index (χ4v) is 2.08. The van der Waals surface area contributed by atoms with Crippen molar-refractivity contribution < 1.29 is 23.9 Å². The molecule has 1 heterocycles. The zero-order valence-corrected chi connectivity index (χ0v) is 13.4. The molecule has 0 aliphatic carbocycles. The van der Waals surface area contributed by atoms with Crippen LogP contribution in [0.4, 0.5) is 4.79 Å². The first kappa shape index (κ1) is 17.3. The lowest BCUT2D eigenvalue weighted by molar-refractivity contribution is -0.148. The predicted octanol–water partition coefficient (Wildman–Crippen LogP) is 0.811. The number of nitriles is 1. The fourth-order valence-electron chi connectivity index (χ4n) is 2.08. The number of esters is 1. The third-order valence-electron chi connectivity index (χ3n) is 3.33. The van der Waals surface area contributed by atoms with E-state index in [0.717, 1.165) is 4.90 Å². The monoisotopic (exact) mass is 331 g/mol. The number of hydrogen-bond acceptors (Lipinski definition) is 6. The van der Waals surface area contributed by atoms with Crippen molar-refractivity contribution >= 4 is 17.9 Å². The van der Waals surface area contributed by atoms with Gasteiger partial charge in [0.05, 0.1) is 11.6 Å². The van der Waals surface area contributed by atoms with E-state index in [-0.39, 0.29) is 13.2 Å². The van der Waals surface area contributed by atoms with Crippen molar-refractivity contribution in [3.05, 3.63) is 29.8 Å². The van der Waals surface area contributed by atoms with Crippen molar-refractivity contribution in [1.29, 1.82) is 5.26 Å². The Morgan fingerprint density at radius 3 is 2.46 bits per heavy atom. The summed E-state index contributed by atoms with van der Waals surface area (Å²) < 4.78 is 10.3. The van der Waals surface area contributed by atoms with Crippen LogP contribution in [0, 0.1) is 11.3 Å². The molecule has 126 valence electrons. The van der Waals surface area contributed by atoms with Crippen LogP contribution in [0.25, 0.3) is 0 Å². The molecule has 0 unspecified atom stereocenters. The van der Waals surface area contributed by atoms with E-state index in [1.54, 1.807) is 38.1 Å². The summed E-state index contributed by atoms with van der Waals surface area (Å²) in [6.07, 6.45) is 0. The van der Waals surface area contributed by atoms with Gasteiger partial charge in [0.25, 0.3) is 5.91 Å². The van der Waals surface area contributed by atoms with Crippen LogP contribution in [0.15, 0.2) is 24.3 Å². The van der Waals surface area contributed by atoms with Crippen molar-refractivity contribution in [3.63, 3.8) is 0 Å². The molecule has 1 aliphatic heterocycles. The molecule has 2 rings (SSSR count). The quantitative estimate of drug-likeness (QED) is 0.469. The van der Waals surface area contributed by atoms with E-state index < -0.39 is 30.0 Å². The topological polar surface area (TPSA) is 109 Å². The molecule has 8 heteroatoms. The van der Waals surface area contributed by atoms with Crippen molar-refractivity contribution in [1.82, 2.24) is 10.2 Å². The van der Waals surface area contributed by atoms with E-state index in [1.165, 1.54) is 0 Å². The molecule has 8 nitrogen and oxygen atoms in total. The van der Waals surface area contributed by atoms with Crippen LogP contribution in [0.5, 0.6) is 5.75 Å². The lowest BCUT2D eigenvalue weighted by atomic mass is 10.1. The fraction of sp³-hybridized carbons (Fsp3) is 0.375. The highest BCUT2D eigenvalue weighted by Gasteiger charge is 2.45. The average Bonchev–Trinajstić information content (AvgIpc) is 2.74. The van der Waals surface area contributed by atoms with Crippen LogP contribution >= 0.6 is 0 Å². The summed E-state index contributed by atoms with van der Waals surface area (Å²) in [6.45, 7) is 2.77. The molecule has 0 saturated carbocycles. The summed E-state index contributed by atoms with van der Waals surface area (Å²) in [6, 6.07) is 7.87. The molecule has 1 aromatic carbocycles. The second-order valence-electron chi connectivity index (χ2n) is 5.65. The molecule has 1 saturated heterocycles. The van der Waals surface area contributed by atoms with Crippen LogP contribution in [0.1, 0.15) is 19.4 Å². The van der Waals surface area contributed by atoms with Crippen LogP contribution in [-0.2, 0) is 14.3 Å². The lowest BCUT2D eigenvalue weighted by Gasteiger charge is -2.15. The van der Waals surface area contributed by atoms with Gasteiger partial charge in [-0.2, -0.15) is 5.26 Å². The number of amides is 3. The molecular weight excluding hydrogens is 314 g/mol. The van der Waals surface area contributed by atoms with Gasteiger partial charge >= 0.3 is 12.0 Å². The molecular formula is C16H17N3O5. The summed E-state index contributed by atoms with van der Waals surface area (Å²) in [7, 11) is 0. The summed E-state index contributed by atoms with van der Waals surface area (Å²) in [5, 5.41) is 11.2. The highest BCUT2D eigenvalue weighted by atomic mass is 16.6. The summed E-state index contributed by atoms with van der Waals surface area (Å²) in [5.41, 5.74) is -0.499. The van der Waals surface area contributed by atoms with Crippen molar-refractivity contribution in [2.24, 2.45) is 0 Å². The van der Waals surface area contributed by atoms with Crippen molar-refractivity contribution in [3.8, 4) is 11.8 Å². The molecule has 0 aromatic heterocycles. The SMILES string of the molecule is CC1(C)NC(=O)N(CC(=O)OCCOc2ccc(C#N)cc2)C1=O. The van der Waals surface area contributed by atoms with E-state index in [1.807, 2.05) is 6.07 Å². The first-order chi connectivity index (χ1) is 11.3. The molecule has 0 spiro atoms. The van der Waals surface area contributed by atoms with Gasteiger partial charge in [-0.25, -0.2) is 4.79 Å². The number of imide groups is 1. The largest absolute Gasteiger partial charge is 0.490 e. The predicted molar refractivity (Wildman–Crippen MR) is 81.9 cm³/mol. The standard InChI is InChI=1S/C16H17N3O5/c1-16(2)14(21)19(15(22)18-16)10-13(20)24-8-7-23-12-5-3-11(9-17)4-6-12/h3-6H,7-8,10H2,1-2H3,(H,18,22). The Hall–Kier alpha value is -3.08. The van der Waals surface area contributed by atoms with Gasteiger partial charge in [0.1, 0.15) is 31.0 Å². The Morgan fingerprint density at radius 1 is 1.25 bits per heavy atom. The van der Waals surface area contributed by atoms with E-state index in [9.17, 15) is 14.4 Å². The van der Waals surface area contributed by atoms with Crippen LogP contribution in [-0.4, -0.2) is 48.1 Å². The Kier molecular flexibility index (Phi) is 5.04. The second-order valence-corrected chi connectivity index (χ2v) is 5.65. The van der Waals surface area contributed by atoms with Crippen LogP contribution in [0.2, 0.25) is 0 Å². The van der Waals surface area contributed by atoms with Gasteiger partial charge < -0.3 is 14.8 Å². The maximum Gasteiger partial charge on any atom is 0.326 e. The molecule has 3 amide bonds. The number of nitrogens with zero attached hydrogens (tertiary/aromatic N) is 2. The molecule has 0 atom stereocenters. The number of hydrogen-bond donors (Lipinski definition) is 1.